The van der Waals surface area contributed by atoms with E-state index < -0.39 is 25.1 Å². The number of carbonyl (C=O) groups excluding carboxylic acids is 1. The number of carbonyl (C=O) groups is 1. The molecule has 0 bridgehead atoms. The Bertz CT molecular complexity index is 828. The van der Waals surface area contributed by atoms with Crippen LogP contribution in [0.2, 0.25) is 0 Å². The van der Waals surface area contributed by atoms with E-state index in [0.29, 0.717) is 5.75 Å². The Morgan fingerprint density at radius 1 is 1.04 bits per heavy atom. The van der Waals surface area contributed by atoms with Gasteiger partial charge in [0.1, 0.15) is 4.83 Å². The molecular weight excluding hydrogens is 387 g/mol. The monoisotopic (exact) mass is 407 g/mol. The fraction of sp³-hybridized carbons (Fsp3) is 0.278. The van der Waals surface area contributed by atoms with Crippen LogP contribution in [0.5, 0.6) is 11.5 Å². The summed E-state index contributed by atoms with van der Waals surface area (Å²) >= 11 is 0. The Labute approximate surface area is 162 Å². The summed E-state index contributed by atoms with van der Waals surface area (Å²) in [7, 11) is -2.63. The number of rotatable bonds is 9. The van der Waals surface area contributed by atoms with E-state index in [1.807, 2.05) is 0 Å². The number of nitrogens with zero attached hydrogens (tertiary/aromatic N) is 2. The predicted molar refractivity (Wildman–Crippen MR) is 101 cm³/mol. The number of hydroxylamine groups is 1. The van der Waals surface area contributed by atoms with Crippen molar-refractivity contribution in [3.63, 3.8) is 0 Å². The molecule has 2 rings (SSSR count). The summed E-state index contributed by atoms with van der Waals surface area (Å²) in [5.74, 6) is -0.183. The van der Waals surface area contributed by atoms with Crippen molar-refractivity contribution in [1.82, 2.24) is 4.83 Å². The zero-order valence-electron chi connectivity index (χ0n) is 15.6. The Morgan fingerprint density at radius 3 is 2.18 bits per heavy atom. The number of hydrogen-bond acceptors (Lipinski definition) is 7. The third-order valence-electron chi connectivity index (χ3n) is 3.36. The number of ether oxygens (including phenoxy) is 1. The summed E-state index contributed by atoms with van der Waals surface area (Å²) < 4.78 is 23.3. The zero-order chi connectivity index (χ0) is 20.7. The van der Waals surface area contributed by atoms with E-state index in [4.69, 9.17) is 14.1 Å². The Kier molecular flexibility index (Phi) is 7.43. The van der Waals surface area contributed by atoms with Crippen LogP contribution in [0.1, 0.15) is 20.8 Å². The average molecular weight is 407 g/mol. The van der Waals surface area contributed by atoms with Crippen LogP contribution < -0.4 is 9.36 Å². The van der Waals surface area contributed by atoms with Crippen LogP contribution in [0.15, 0.2) is 54.6 Å². The largest absolute Gasteiger partial charge is 0.703 e. The van der Waals surface area contributed by atoms with E-state index >= 15 is 0 Å². The molecule has 0 amide bonds. The van der Waals surface area contributed by atoms with Crippen molar-refractivity contribution in [2.75, 3.05) is 0 Å². The Morgan fingerprint density at radius 2 is 1.64 bits per heavy atom. The second-order valence-electron chi connectivity index (χ2n) is 5.95. The van der Waals surface area contributed by atoms with Gasteiger partial charge >= 0.3 is 14.1 Å². The number of nitro groups is 1. The van der Waals surface area contributed by atoms with Gasteiger partial charge in [0.15, 0.2) is 17.5 Å². The van der Waals surface area contributed by atoms with Gasteiger partial charge in [-0.15, -0.1) is 0 Å². The minimum Gasteiger partial charge on any atom is -0.462 e. The SMILES string of the molecule is CC(C)OC(=O)[C@H](C)N(Oc1ccc([N+](=O)[O-])cc1)[P+](=O)Oc1ccccc1. The number of non-ortho nitro benzene ring substituents is 1. The van der Waals surface area contributed by atoms with Gasteiger partial charge in [0, 0.05) is 16.7 Å². The second kappa shape index (κ2) is 9.77. The maximum Gasteiger partial charge on any atom is 0.703 e. The van der Waals surface area contributed by atoms with Gasteiger partial charge in [-0.05, 0) is 45.0 Å². The molecule has 0 saturated heterocycles. The van der Waals surface area contributed by atoms with Crippen LogP contribution >= 0.6 is 8.18 Å². The zero-order valence-corrected chi connectivity index (χ0v) is 16.4. The standard InChI is InChI=1S/C18H20N2O7P/c1-13(2)25-18(21)14(3)20(28(24)27-17-7-5-4-6-8-17)26-16-11-9-15(10-12-16)19(22)23/h4-14H,1-3H3/q+1/t14-/m0/s1. The molecule has 10 heteroatoms. The molecule has 0 aliphatic rings. The minimum absolute atomic E-state index is 0.129. The number of hydrogen-bond donors (Lipinski definition) is 0. The van der Waals surface area contributed by atoms with Crippen molar-refractivity contribution in [2.24, 2.45) is 0 Å². The number of esters is 1. The highest BCUT2D eigenvalue weighted by Crippen LogP contribution is 2.35. The summed E-state index contributed by atoms with van der Waals surface area (Å²) in [4.78, 5) is 28.9. The fourth-order valence-electron chi connectivity index (χ4n) is 2.02. The van der Waals surface area contributed by atoms with E-state index in [9.17, 15) is 19.5 Å². The second-order valence-corrected chi connectivity index (χ2v) is 7.00. The first kappa shape index (κ1) is 21.3. The Hall–Kier alpha value is -3.03. The molecule has 0 aromatic heterocycles. The molecule has 0 radical (unpaired) electrons. The quantitative estimate of drug-likeness (QED) is 0.262. The van der Waals surface area contributed by atoms with Crippen molar-refractivity contribution >= 4 is 19.8 Å². The first-order valence-electron chi connectivity index (χ1n) is 8.40. The first-order chi connectivity index (χ1) is 13.3. The van der Waals surface area contributed by atoms with Crippen LogP contribution in [-0.2, 0) is 14.1 Å². The van der Waals surface area contributed by atoms with E-state index in [1.165, 1.54) is 31.2 Å². The van der Waals surface area contributed by atoms with Gasteiger partial charge in [0.2, 0.25) is 0 Å². The summed E-state index contributed by atoms with van der Waals surface area (Å²) in [6, 6.07) is 12.5. The van der Waals surface area contributed by atoms with Gasteiger partial charge in [-0.25, -0.2) is 4.52 Å². The van der Waals surface area contributed by atoms with Gasteiger partial charge in [-0.2, -0.15) is 0 Å². The van der Waals surface area contributed by atoms with Crippen LogP contribution in [0.25, 0.3) is 0 Å². The highest BCUT2D eigenvalue weighted by atomic mass is 31.1. The Balaban J connectivity index is 2.22. The lowest BCUT2D eigenvalue weighted by Gasteiger charge is -2.18. The molecule has 0 aliphatic heterocycles. The third kappa shape index (κ3) is 6.00. The molecule has 0 N–H and O–H groups in total. The number of para-hydroxylation sites is 1. The van der Waals surface area contributed by atoms with Gasteiger partial charge in [-0.3, -0.25) is 14.9 Å². The molecule has 0 heterocycles. The van der Waals surface area contributed by atoms with Crippen molar-refractivity contribution in [2.45, 2.75) is 32.9 Å². The molecular formula is C18H20N2O7P+. The number of nitro benzene ring substituents is 1. The summed E-state index contributed by atoms with van der Waals surface area (Å²) in [5, 5.41) is 10.8. The lowest BCUT2D eigenvalue weighted by molar-refractivity contribution is -0.384. The van der Waals surface area contributed by atoms with Gasteiger partial charge in [0.25, 0.3) is 5.69 Å². The van der Waals surface area contributed by atoms with Gasteiger partial charge in [0.05, 0.1) is 11.0 Å². The molecule has 2 aromatic rings. The lowest BCUT2D eigenvalue weighted by atomic mass is 10.3. The normalized spacial score (nSPS) is 12.4. The van der Waals surface area contributed by atoms with Crippen LogP contribution in [-0.4, -0.2) is 27.9 Å². The molecule has 2 atom stereocenters. The maximum absolute atomic E-state index is 12.7. The maximum atomic E-state index is 12.7. The number of benzene rings is 2. The lowest BCUT2D eigenvalue weighted by Crippen LogP contribution is -2.39. The summed E-state index contributed by atoms with van der Waals surface area (Å²) in [5.41, 5.74) is -0.129. The van der Waals surface area contributed by atoms with Crippen LogP contribution in [0, 0.1) is 10.1 Å². The van der Waals surface area contributed by atoms with Crippen LogP contribution in [0.4, 0.5) is 5.69 Å². The van der Waals surface area contributed by atoms with Crippen molar-refractivity contribution in [3.05, 3.63) is 64.7 Å². The molecule has 0 spiro atoms. The third-order valence-corrected chi connectivity index (χ3v) is 4.48. The summed E-state index contributed by atoms with van der Waals surface area (Å²) in [6.07, 6.45) is -0.371. The molecule has 28 heavy (non-hydrogen) atoms. The van der Waals surface area contributed by atoms with Crippen molar-refractivity contribution in [1.29, 1.82) is 0 Å². The molecule has 2 aromatic carbocycles. The topological polar surface area (TPSA) is 108 Å². The summed E-state index contributed by atoms with van der Waals surface area (Å²) in [6.45, 7) is 4.83. The van der Waals surface area contributed by atoms with E-state index in [0.717, 1.165) is 4.83 Å². The van der Waals surface area contributed by atoms with E-state index in [1.54, 1.807) is 44.2 Å². The van der Waals surface area contributed by atoms with E-state index in [-0.39, 0.29) is 17.5 Å². The predicted octanol–water partition coefficient (Wildman–Crippen LogP) is 4.27. The van der Waals surface area contributed by atoms with Crippen molar-refractivity contribution in [3.8, 4) is 11.5 Å². The highest BCUT2D eigenvalue weighted by Gasteiger charge is 2.44. The molecule has 9 nitrogen and oxygen atoms in total. The smallest absolute Gasteiger partial charge is 0.462 e. The van der Waals surface area contributed by atoms with Gasteiger partial charge < -0.3 is 9.57 Å². The van der Waals surface area contributed by atoms with Gasteiger partial charge in [-0.1, -0.05) is 18.2 Å². The van der Waals surface area contributed by atoms with E-state index in [2.05, 4.69) is 0 Å². The highest BCUT2D eigenvalue weighted by molar-refractivity contribution is 7.36. The molecule has 148 valence electrons. The van der Waals surface area contributed by atoms with Crippen molar-refractivity contribution < 1.29 is 28.4 Å². The average Bonchev–Trinajstić information content (AvgIpc) is 2.66. The van der Waals surface area contributed by atoms with Crippen LogP contribution in [0.3, 0.4) is 0 Å². The molecule has 0 saturated carbocycles. The molecule has 0 aliphatic carbocycles. The fourth-order valence-corrected chi connectivity index (χ4v) is 2.94. The molecule has 0 fully saturated rings. The molecule has 1 unspecified atom stereocenters. The minimum atomic E-state index is -2.63. The first-order valence-corrected chi connectivity index (χ1v) is 9.53.